The lowest BCUT2D eigenvalue weighted by Gasteiger charge is -2.12. The topological polar surface area (TPSA) is 43.4 Å². The lowest BCUT2D eigenvalue weighted by molar-refractivity contribution is -0.110. The monoisotopic (exact) mass is 786 g/mol. The Morgan fingerprint density at radius 2 is 0.443 bits per heavy atom. The van der Waals surface area contributed by atoms with E-state index in [1.807, 2.05) is 194 Å². The van der Waals surface area contributed by atoms with Crippen LogP contribution in [0.25, 0.3) is 33.4 Å². The van der Waals surface area contributed by atoms with Crippen LogP contribution in [0, 0.1) is 0 Å². The van der Waals surface area contributed by atoms with Crippen LogP contribution in [-0.2, 0) is 9.59 Å². The summed E-state index contributed by atoms with van der Waals surface area (Å²) < 4.78 is 5.58. The van der Waals surface area contributed by atoms with Crippen molar-refractivity contribution in [3.63, 3.8) is 0 Å². The standard InChI is InChI=1S/2C23H16O.C12H10O/c2*24-21-16-20(17-10-4-1-5-11-17)22(18-12-6-2-7-13-18)23(21)19-14-8-3-9-15-19;1-3-7-11(8-4-1)13-12-9-5-2-6-10-12/h2*1-16H;1-10H. The zero-order chi connectivity index (χ0) is 41.6. The van der Waals surface area contributed by atoms with Gasteiger partial charge in [-0.1, -0.05) is 218 Å². The molecule has 61 heavy (non-hydrogen) atoms. The zero-order valence-corrected chi connectivity index (χ0v) is 33.5. The molecular weight excluding hydrogens is 745 g/mol. The summed E-state index contributed by atoms with van der Waals surface area (Å²) in [6, 6.07) is 79.8. The number of benzene rings is 8. The molecule has 8 aromatic rings. The van der Waals surface area contributed by atoms with Crippen LogP contribution in [0.4, 0.5) is 0 Å². The summed E-state index contributed by atoms with van der Waals surface area (Å²) in [6.45, 7) is 0. The zero-order valence-electron chi connectivity index (χ0n) is 33.5. The number of hydrogen-bond donors (Lipinski definition) is 0. The third-order valence-corrected chi connectivity index (χ3v) is 10.2. The molecule has 0 radical (unpaired) electrons. The first kappa shape index (κ1) is 39.7. The number of carbonyl (C=O) groups excluding carboxylic acids is 2. The number of para-hydroxylation sites is 2. The first-order valence-electron chi connectivity index (χ1n) is 20.3. The number of hydrogen-bond acceptors (Lipinski definition) is 3. The molecule has 0 saturated carbocycles. The molecule has 0 aliphatic heterocycles. The van der Waals surface area contributed by atoms with Gasteiger partial charge in [0.15, 0.2) is 11.6 Å². The Labute approximate surface area is 357 Å². The SMILES string of the molecule is O=C1C=C(c2ccccc2)C(c2ccccc2)=C1c1ccccc1.O=C1C=C(c2ccccc2)C(c2ccccc2)=C1c1ccccc1.c1ccc(Oc2ccccc2)cc1. The highest BCUT2D eigenvalue weighted by atomic mass is 16.5. The first-order valence-corrected chi connectivity index (χ1v) is 20.3. The van der Waals surface area contributed by atoms with E-state index in [9.17, 15) is 9.59 Å². The summed E-state index contributed by atoms with van der Waals surface area (Å²) in [5.41, 5.74) is 11.8. The highest BCUT2D eigenvalue weighted by Crippen LogP contribution is 2.44. The molecule has 0 atom stereocenters. The number of ketones is 2. The molecule has 0 spiro atoms. The molecule has 10 rings (SSSR count). The Kier molecular flexibility index (Phi) is 12.7. The second kappa shape index (κ2) is 19.5. The van der Waals surface area contributed by atoms with E-state index in [2.05, 4.69) is 48.5 Å². The van der Waals surface area contributed by atoms with Crippen LogP contribution in [0.15, 0.2) is 255 Å². The average molecular weight is 787 g/mol. The molecular formula is C58H42O3. The summed E-state index contributed by atoms with van der Waals surface area (Å²) in [5, 5.41) is 0. The molecule has 0 heterocycles. The second-order valence-electron chi connectivity index (χ2n) is 14.3. The van der Waals surface area contributed by atoms with Crippen molar-refractivity contribution in [3.8, 4) is 11.5 Å². The van der Waals surface area contributed by atoms with Gasteiger partial charge < -0.3 is 4.74 Å². The average Bonchev–Trinajstić information content (AvgIpc) is 3.88. The second-order valence-corrected chi connectivity index (χ2v) is 14.3. The quantitative estimate of drug-likeness (QED) is 0.154. The van der Waals surface area contributed by atoms with Crippen molar-refractivity contribution in [3.05, 3.63) is 288 Å². The molecule has 0 N–H and O–H groups in total. The van der Waals surface area contributed by atoms with Crippen molar-refractivity contribution in [2.75, 3.05) is 0 Å². The summed E-state index contributed by atoms with van der Waals surface area (Å²) in [4.78, 5) is 25.6. The highest BCUT2D eigenvalue weighted by molar-refractivity contribution is 6.46. The van der Waals surface area contributed by atoms with Crippen LogP contribution in [0.5, 0.6) is 11.5 Å². The number of allylic oxidation sites excluding steroid dienone is 8. The molecule has 0 bridgehead atoms. The molecule has 0 aromatic heterocycles. The van der Waals surface area contributed by atoms with Crippen molar-refractivity contribution >= 4 is 45.0 Å². The van der Waals surface area contributed by atoms with Crippen molar-refractivity contribution in [2.24, 2.45) is 0 Å². The summed E-state index contributed by atoms with van der Waals surface area (Å²) in [7, 11) is 0. The first-order chi connectivity index (χ1) is 30.1. The van der Waals surface area contributed by atoms with Crippen molar-refractivity contribution in [1.29, 1.82) is 0 Å². The molecule has 2 aliphatic carbocycles. The Hall–Kier alpha value is -8.14. The van der Waals surface area contributed by atoms with Gasteiger partial charge in [-0.25, -0.2) is 0 Å². The molecule has 2 aliphatic rings. The molecule has 0 amide bonds. The maximum absolute atomic E-state index is 12.8. The van der Waals surface area contributed by atoms with Gasteiger partial charge in [-0.05, 0) is 80.9 Å². The predicted octanol–water partition coefficient (Wildman–Crippen LogP) is 14.0. The largest absolute Gasteiger partial charge is 0.457 e. The minimum Gasteiger partial charge on any atom is -0.457 e. The fourth-order valence-corrected chi connectivity index (χ4v) is 7.46. The fourth-order valence-electron chi connectivity index (χ4n) is 7.46. The van der Waals surface area contributed by atoms with E-state index in [0.29, 0.717) is 0 Å². The Morgan fingerprint density at radius 1 is 0.230 bits per heavy atom. The molecule has 3 heteroatoms. The van der Waals surface area contributed by atoms with Crippen LogP contribution in [0.2, 0.25) is 0 Å². The smallest absolute Gasteiger partial charge is 0.187 e. The molecule has 8 aromatic carbocycles. The molecule has 0 unspecified atom stereocenters. The molecule has 3 nitrogen and oxygen atoms in total. The van der Waals surface area contributed by atoms with Crippen LogP contribution in [-0.4, -0.2) is 11.6 Å². The minimum absolute atomic E-state index is 0.0684. The van der Waals surface area contributed by atoms with Crippen LogP contribution < -0.4 is 4.74 Å². The van der Waals surface area contributed by atoms with Gasteiger partial charge in [0.25, 0.3) is 0 Å². The number of ether oxygens (including phenoxy) is 1. The maximum atomic E-state index is 12.8. The van der Waals surface area contributed by atoms with Gasteiger partial charge in [-0.15, -0.1) is 0 Å². The van der Waals surface area contributed by atoms with Gasteiger partial charge in [0, 0.05) is 22.3 Å². The van der Waals surface area contributed by atoms with Crippen LogP contribution in [0.3, 0.4) is 0 Å². The third-order valence-electron chi connectivity index (χ3n) is 10.2. The molecule has 292 valence electrons. The van der Waals surface area contributed by atoms with Gasteiger partial charge in [0.2, 0.25) is 0 Å². The Morgan fingerprint density at radius 3 is 0.705 bits per heavy atom. The lowest BCUT2D eigenvalue weighted by atomic mass is 9.90. The number of rotatable bonds is 8. The minimum atomic E-state index is 0.0684. The lowest BCUT2D eigenvalue weighted by Crippen LogP contribution is -1.96. The van der Waals surface area contributed by atoms with E-state index < -0.39 is 0 Å². The van der Waals surface area contributed by atoms with Gasteiger partial charge in [0.1, 0.15) is 11.5 Å². The van der Waals surface area contributed by atoms with E-state index in [1.54, 1.807) is 12.2 Å². The summed E-state index contributed by atoms with van der Waals surface area (Å²) in [5.74, 6) is 1.88. The van der Waals surface area contributed by atoms with Gasteiger partial charge in [0.05, 0.1) is 0 Å². The van der Waals surface area contributed by atoms with Gasteiger partial charge >= 0.3 is 0 Å². The number of carbonyl (C=O) groups is 2. The Balaban J connectivity index is 0.000000132. The van der Waals surface area contributed by atoms with Crippen LogP contribution in [0.1, 0.15) is 33.4 Å². The summed E-state index contributed by atoms with van der Waals surface area (Å²) in [6.07, 6.45) is 3.53. The van der Waals surface area contributed by atoms with Crippen LogP contribution >= 0.6 is 0 Å². The van der Waals surface area contributed by atoms with Crippen molar-refractivity contribution in [2.45, 2.75) is 0 Å². The van der Waals surface area contributed by atoms with Crippen molar-refractivity contribution in [1.82, 2.24) is 0 Å². The van der Waals surface area contributed by atoms with E-state index >= 15 is 0 Å². The van der Waals surface area contributed by atoms with Crippen molar-refractivity contribution < 1.29 is 14.3 Å². The van der Waals surface area contributed by atoms with E-state index in [4.69, 9.17) is 4.74 Å². The van der Waals surface area contributed by atoms with E-state index in [1.165, 1.54) is 0 Å². The Bertz CT molecular complexity index is 2630. The fraction of sp³-hybridized carbons (Fsp3) is 0. The highest BCUT2D eigenvalue weighted by Gasteiger charge is 2.29. The van der Waals surface area contributed by atoms with E-state index in [0.717, 1.165) is 78.3 Å². The maximum Gasteiger partial charge on any atom is 0.187 e. The normalized spacial score (nSPS) is 13.0. The predicted molar refractivity (Wildman–Crippen MR) is 251 cm³/mol. The third kappa shape index (κ3) is 9.60. The molecule has 0 fully saturated rings. The van der Waals surface area contributed by atoms with Gasteiger partial charge in [-0.2, -0.15) is 0 Å². The van der Waals surface area contributed by atoms with E-state index in [-0.39, 0.29) is 11.6 Å². The molecule has 0 saturated heterocycles. The summed E-state index contributed by atoms with van der Waals surface area (Å²) >= 11 is 0. The van der Waals surface area contributed by atoms with Gasteiger partial charge in [-0.3, -0.25) is 9.59 Å².